The van der Waals surface area contributed by atoms with E-state index in [4.69, 9.17) is 15.1 Å². The van der Waals surface area contributed by atoms with Crippen LogP contribution in [0.5, 0.6) is 0 Å². The molecule has 1 aliphatic heterocycles. The monoisotopic (exact) mass is 436 g/mol. The van der Waals surface area contributed by atoms with E-state index >= 15 is 0 Å². The summed E-state index contributed by atoms with van der Waals surface area (Å²) in [6.07, 6.45) is 4.19. The maximum atomic E-state index is 12.3. The van der Waals surface area contributed by atoms with Gasteiger partial charge >= 0.3 is 0 Å². The van der Waals surface area contributed by atoms with Gasteiger partial charge in [-0.3, -0.25) is 4.79 Å². The summed E-state index contributed by atoms with van der Waals surface area (Å²) < 4.78 is 6.33. The smallest absolute Gasteiger partial charge is 0.224 e. The second-order valence-corrected chi connectivity index (χ2v) is 7.53. The normalized spacial score (nSPS) is 12.2. The molecule has 0 spiro atoms. The second-order valence-electron chi connectivity index (χ2n) is 7.53. The van der Waals surface area contributed by atoms with Crippen LogP contribution in [0.25, 0.3) is 22.6 Å². The molecule has 1 aliphatic carbocycles. The molecule has 0 aromatic heterocycles. The molecule has 1 aromatic carbocycles. The molecule has 170 valence electrons. The van der Waals surface area contributed by atoms with Crippen molar-refractivity contribution in [2.45, 2.75) is 53.4 Å². The van der Waals surface area contributed by atoms with Gasteiger partial charge in [-0.1, -0.05) is 26.3 Å². The number of hydrogen-bond donors (Lipinski definition) is 2. The van der Waals surface area contributed by atoms with E-state index < -0.39 is 0 Å². The first-order chi connectivity index (χ1) is 15.6. The van der Waals surface area contributed by atoms with E-state index in [1.807, 2.05) is 31.2 Å². The van der Waals surface area contributed by atoms with Gasteiger partial charge in [-0.2, -0.15) is 0 Å². The number of nitrogens with one attached hydrogen (secondary N) is 1. The number of nitrogens with zero attached hydrogens (tertiary/aromatic N) is 4. The summed E-state index contributed by atoms with van der Waals surface area (Å²) in [7, 11) is 0. The Hall–Kier alpha value is -3.42. The predicted molar refractivity (Wildman–Crippen MR) is 130 cm³/mol. The van der Waals surface area contributed by atoms with Crippen molar-refractivity contribution in [2.75, 3.05) is 23.3 Å². The minimum atomic E-state index is -0.0443. The zero-order chi connectivity index (χ0) is 23.1. The van der Waals surface area contributed by atoms with Crippen molar-refractivity contribution in [1.82, 2.24) is 4.98 Å². The Morgan fingerprint density at radius 1 is 1.16 bits per heavy atom. The lowest BCUT2D eigenvalue weighted by atomic mass is 10.1. The summed E-state index contributed by atoms with van der Waals surface area (Å²) in [4.78, 5) is 19.4. The van der Waals surface area contributed by atoms with E-state index in [9.17, 15) is 4.79 Å². The Balaban J connectivity index is 2.35. The van der Waals surface area contributed by atoms with Crippen LogP contribution in [-0.2, 0) is 11.2 Å². The van der Waals surface area contributed by atoms with Gasteiger partial charge in [-0.15, -0.1) is 10.2 Å². The Labute approximate surface area is 188 Å². The van der Waals surface area contributed by atoms with Gasteiger partial charge in [0.05, 0.1) is 11.4 Å². The highest BCUT2D eigenvalue weighted by Gasteiger charge is 2.20. The van der Waals surface area contributed by atoms with Gasteiger partial charge < -0.3 is 20.4 Å². The van der Waals surface area contributed by atoms with Crippen molar-refractivity contribution in [3.05, 3.63) is 35.2 Å². The number of aryl methyl sites for hydroxylation is 1. The summed E-state index contributed by atoms with van der Waals surface area (Å²) in [5.74, 6) is 0.524. The Morgan fingerprint density at radius 3 is 2.59 bits per heavy atom. The van der Waals surface area contributed by atoms with Crippen molar-refractivity contribution in [1.29, 1.82) is 0 Å². The maximum Gasteiger partial charge on any atom is 0.224 e. The Morgan fingerprint density at radius 2 is 1.94 bits per heavy atom. The zero-order valence-electron chi connectivity index (χ0n) is 19.3. The molecule has 0 saturated heterocycles. The zero-order valence-corrected chi connectivity index (χ0v) is 19.3. The second kappa shape index (κ2) is 10.7. The molecule has 1 aromatic rings. The third kappa shape index (κ3) is 4.74. The molecule has 0 saturated carbocycles. The number of fused-ring (bicyclic) bond motifs is 2. The summed E-state index contributed by atoms with van der Waals surface area (Å²) in [6.45, 7) is 9.91. The van der Waals surface area contributed by atoms with Gasteiger partial charge in [0.25, 0.3) is 0 Å². The summed E-state index contributed by atoms with van der Waals surface area (Å²) >= 11 is 0. The lowest BCUT2D eigenvalue weighted by Crippen LogP contribution is -2.29. The minimum Gasteiger partial charge on any atom is -0.451 e. The van der Waals surface area contributed by atoms with Crippen molar-refractivity contribution in [3.63, 3.8) is 0 Å². The minimum absolute atomic E-state index is 0.0443. The van der Waals surface area contributed by atoms with Crippen LogP contribution in [0.1, 0.15) is 52.5 Å². The molecule has 2 aliphatic rings. The number of amides is 1. The van der Waals surface area contributed by atoms with Crippen LogP contribution >= 0.6 is 0 Å². The standard InChI is InChI=1S/C24H32N6O2/c1-5-9-16-11-12-17(27-20(31)10-6-2)24-21(16)28-23-19(32-24)14-13-18(30(7-3)8-4)22(23)29-26-15-25/h11-15H,5-10H2,1-4H3,(H2,25,26)(H,27,31). The highest BCUT2D eigenvalue weighted by Crippen LogP contribution is 2.32. The van der Waals surface area contributed by atoms with E-state index in [1.165, 1.54) is 0 Å². The fourth-order valence-electron chi connectivity index (χ4n) is 3.82. The topological polar surface area (TPSA) is 109 Å². The predicted octanol–water partition coefficient (Wildman–Crippen LogP) is 4.27. The molecule has 3 N–H and O–H groups in total. The average molecular weight is 437 g/mol. The molecule has 0 bridgehead atoms. The van der Waals surface area contributed by atoms with Crippen LogP contribution in [0.2, 0.25) is 0 Å². The molecule has 32 heavy (non-hydrogen) atoms. The highest BCUT2D eigenvalue weighted by molar-refractivity contribution is 6.00. The van der Waals surface area contributed by atoms with Crippen molar-refractivity contribution in [2.24, 2.45) is 15.9 Å². The number of benzene rings is 2. The van der Waals surface area contributed by atoms with Gasteiger partial charge in [0.15, 0.2) is 11.3 Å². The summed E-state index contributed by atoms with van der Waals surface area (Å²) in [6, 6.07) is 7.75. The molecule has 1 heterocycles. The number of anilines is 2. The van der Waals surface area contributed by atoms with Crippen LogP contribution in [0.3, 0.4) is 0 Å². The molecule has 8 nitrogen and oxygen atoms in total. The quantitative estimate of drug-likeness (QED) is 0.225. The van der Waals surface area contributed by atoms with E-state index in [-0.39, 0.29) is 5.91 Å². The molecule has 1 amide bonds. The van der Waals surface area contributed by atoms with Crippen LogP contribution < -0.4 is 21.3 Å². The summed E-state index contributed by atoms with van der Waals surface area (Å²) in [5.41, 5.74) is 9.97. The molecular weight excluding hydrogens is 404 g/mol. The van der Waals surface area contributed by atoms with Crippen LogP contribution in [-0.4, -0.2) is 30.3 Å². The van der Waals surface area contributed by atoms with Crippen molar-refractivity contribution >= 4 is 34.7 Å². The largest absolute Gasteiger partial charge is 0.451 e. The summed E-state index contributed by atoms with van der Waals surface area (Å²) in [5, 5.41) is 11.9. The number of aromatic nitrogens is 1. The lowest BCUT2D eigenvalue weighted by molar-refractivity contribution is -0.116. The fraction of sp³-hybridized carbons (Fsp3) is 0.417. The third-order valence-corrected chi connectivity index (χ3v) is 5.34. The van der Waals surface area contributed by atoms with Gasteiger partial charge in [0.1, 0.15) is 22.9 Å². The fourth-order valence-corrected chi connectivity index (χ4v) is 3.82. The third-order valence-electron chi connectivity index (χ3n) is 5.34. The first kappa shape index (κ1) is 23.2. The molecule has 8 heteroatoms. The van der Waals surface area contributed by atoms with Crippen LogP contribution in [0, 0.1) is 0 Å². The Kier molecular flexibility index (Phi) is 7.81. The van der Waals surface area contributed by atoms with Gasteiger partial charge in [-0.05, 0) is 50.5 Å². The van der Waals surface area contributed by atoms with E-state index in [0.717, 1.165) is 55.5 Å². The lowest BCUT2D eigenvalue weighted by Gasteiger charge is -2.22. The molecule has 0 unspecified atom stereocenters. The molecule has 0 fully saturated rings. The number of rotatable bonds is 9. The first-order valence-corrected chi connectivity index (χ1v) is 11.3. The van der Waals surface area contributed by atoms with Gasteiger partial charge in [0.2, 0.25) is 5.91 Å². The average Bonchev–Trinajstić information content (AvgIpc) is 2.79. The highest BCUT2D eigenvalue weighted by atomic mass is 16.3. The van der Waals surface area contributed by atoms with E-state index in [0.29, 0.717) is 34.5 Å². The van der Waals surface area contributed by atoms with Crippen LogP contribution in [0.4, 0.5) is 11.4 Å². The Bertz CT molecular complexity index is 1150. The van der Waals surface area contributed by atoms with E-state index in [2.05, 4.69) is 41.2 Å². The maximum absolute atomic E-state index is 12.3. The molecule has 0 radical (unpaired) electrons. The number of nitrogens with two attached hydrogens (primary N) is 1. The van der Waals surface area contributed by atoms with Gasteiger partial charge in [-0.25, -0.2) is 4.98 Å². The molecular formula is C24H32N6O2. The number of carbonyl (C=O) groups excluding carboxylic acids is 1. The number of hydrogen-bond acceptors (Lipinski definition) is 6. The molecule has 0 atom stereocenters. The van der Waals surface area contributed by atoms with E-state index in [1.54, 1.807) is 0 Å². The first-order valence-electron chi connectivity index (χ1n) is 11.3. The van der Waals surface area contributed by atoms with Crippen molar-refractivity contribution in [3.8, 4) is 11.5 Å². The van der Waals surface area contributed by atoms with Crippen LogP contribution in [0.15, 0.2) is 38.9 Å². The number of carbonyl (C=O) groups is 1. The SMILES string of the molecule is CCCC(=O)Nc1ccc(CCC)c2nc3c(=NN=CN)c(N(CC)CC)ccc-3oc12. The van der Waals surface area contributed by atoms with Gasteiger partial charge in [0, 0.05) is 19.5 Å². The molecule has 3 rings (SSSR count). The van der Waals surface area contributed by atoms with Crippen molar-refractivity contribution < 1.29 is 9.21 Å².